The van der Waals surface area contributed by atoms with Crippen LogP contribution in [0.4, 0.5) is 5.82 Å². The molecule has 1 aliphatic rings. The highest BCUT2D eigenvalue weighted by molar-refractivity contribution is 5.35. The third kappa shape index (κ3) is 3.44. The van der Waals surface area contributed by atoms with Crippen LogP contribution < -0.4 is 5.32 Å². The van der Waals surface area contributed by atoms with E-state index in [1.54, 1.807) is 6.33 Å². The molecule has 1 heterocycles. The molecule has 1 N–H and O–H groups in total. The molecule has 106 valence electrons. The summed E-state index contributed by atoms with van der Waals surface area (Å²) in [4.78, 5) is 11.0. The van der Waals surface area contributed by atoms with Gasteiger partial charge in [-0.25, -0.2) is 9.97 Å². The SMILES string of the molecule is CCCc1cc(NCC2(N(C)C)CCCC2)ncn1. The maximum Gasteiger partial charge on any atom is 0.129 e. The highest BCUT2D eigenvalue weighted by atomic mass is 15.2. The summed E-state index contributed by atoms with van der Waals surface area (Å²) in [6, 6.07) is 2.09. The average molecular weight is 262 g/mol. The minimum atomic E-state index is 0.301. The van der Waals surface area contributed by atoms with Crippen LogP contribution in [-0.2, 0) is 6.42 Å². The summed E-state index contributed by atoms with van der Waals surface area (Å²) in [6.45, 7) is 3.15. The largest absolute Gasteiger partial charge is 0.368 e. The van der Waals surface area contributed by atoms with Gasteiger partial charge < -0.3 is 10.2 Å². The number of hydrogen-bond donors (Lipinski definition) is 1. The van der Waals surface area contributed by atoms with Crippen molar-refractivity contribution in [3.8, 4) is 0 Å². The van der Waals surface area contributed by atoms with Crippen LogP contribution >= 0.6 is 0 Å². The van der Waals surface area contributed by atoms with Gasteiger partial charge in [0.05, 0.1) is 0 Å². The first kappa shape index (κ1) is 14.3. The zero-order valence-corrected chi connectivity index (χ0v) is 12.4. The van der Waals surface area contributed by atoms with Gasteiger partial charge in [-0.05, 0) is 33.4 Å². The van der Waals surface area contributed by atoms with Gasteiger partial charge in [-0.2, -0.15) is 0 Å². The Kier molecular flexibility index (Phi) is 4.75. The quantitative estimate of drug-likeness (QED) is 0.856. The van der Waals surface area contributed by atoms with Crippen molar-refractivity contribution >= 4 is 5.82 Å². The average Bonchev–Trinajstić information content (AvgIpc) is 2.87. The third-order valence-electron chi connectivity index (χ3n) is 4.31. The molecule has 1 fully saturated rings. The Hall–Kier alpha value is -1.16. The number of aryl methyl sites for hydroxylation is 1. The molecule has 0 spiro atoms. The van der Waals surface area contributed by atoms with Crippen molar-refractivity contribution in [2.45, 2.75) is 51.0 Å². The third-order valence-corrected chi connectivity index (χ3v) is 4.31. The zero-order chi connectivity index (χ0) is 13.7. The topological polar surface area (TPSA) is 41.0 Å². The molecule has 1 aromatic rings. The fourth-order valence-electron chi connectivity index (χ4n) is 2.96. The highest BCUT2D eigenvalue weighted by Crippen LogP contribution is 2.33. The van der Waals surface area contributed by atoms with Gasteiger partial charge in [0.1, 0.15) is 12.1 Å². The lowest BCUT2D eigenvalue weighted by atomic mass is 9.96. The number of nitrogens with one attached hydrogen (secondary N) is 1. The first-order valence-corrected chi connectivity index (χ1v) is 7.38. The lowest BCUT2D eigenvalue weighted by Gasteiger charge is -2.36. The maximum absolute atomic E-state index is 4.33. The Morgan fingerprint density at radius 2 is 2.00 bits per heavy atom. The predicted octanol–water partition coefficient (Wildman–Crippen LogP) is 2.72. The van der Waals surface area contributed by atoms with Gasteiger partial charge in [-0.3, -0.25) is 0 Å². The Labute approximate surface area is 116 Å². The summed E-state index contributed by atoms with van der Waals surface area (Å²) in [5.41, 5.74) is 1.43. The van der Waals surface area contributed by atoms with Crippen molar-refractivity contribution in [2.24, 2.45) is 0 Å². The summed E-state index contributed by atoms with van der Waals surface area (Å²) in [5.74, 6) is 0.964. The van der Waals surface area contributed by atoms with E-state index in [0.717, 1.165) is 30.9 Å². The van der Waals surface area contributed by atoms with Gasteiger partial charge >= 0.3 is 0 Å². The van der Waals surface area contributed by atoms with E-state index >= 15 is 0 Å². The molecular weight excluding hydrogens is 236 g/mol. The first-order chi connectivity index (χ1) is 9.16. The van der Waals surface area contributed by atoms with Gasteiger partial charge in [-0.1, -0.05) is 26.2 Å². The van der Waals surface area contributed by atoms with E-state index in [1.165, 1.54) is 25.7 Å². The van der Waals surface area contributed by atoms with Crippen LogP contribution in [0.1, 0.15) is 44.7 Å². The standard InChI is InChI=1S/C15H26N4/c1-4-7-13-10-14(18-12-17-13)16-11-15(19(2)3)8-5-6-9-15/h10,12H,4-9,11H2,1-3H3,(H,16,17,18). The number of likely N-dealkylation sites (N-methyl/N-ethyl adjacent to an activating group) is 1. The van der Waals surface area contributed by atoms with Crippen LogP contribution in [0.25, 0.3) is 0 Å². The van der Waals surface area contributed by atoms with E-state index in [1.807, 2.05) is 0 Å². The van der Waals surface area contributed by atoms with Crippen molar-refractivity contribution in [1.82, 2.24) is 14.9 Å². The second kappa shape index (κ2) is 6.33. The number of aromatic nitrogens is 2. The Balaban J connectivity index is 1.99. The first-order valence-electron chi connectivity index (χ1n) is 7.38. The molecule has 0 aromatic carbocycles. The Bertz CT molecular complexity index is 397. The van der Waals surface area contributed by atoms with E-state index in [2.05, 4.69) is 47.3 Å². The number of hydrogen-bond acceptors (Lipinski definition) is 4. The predicted molar refractivity (Wildman–Crippen MR) is 79.4 cm³/mol. The van der Waals surface area contributed by atoms with Crippen molar-refractivity contribution in [3.63, 3.8) is 0 Å². The minimum absolute atomic E-state index is 0.301. The zero-order valence-electron chi connectivity index (χ0n) is 12.4. The molecule has 0 saturated heterocycles. The van der Waals surface area contributed by atoms with Crippen LogP contribution in [0.2, 0.25) is 0 Å². The molecule has 19 heavy (non-hydrogen) atoms. The highest BCUT2D eigenvalue weighted by Gasteiger charge is 2.35. The molecule has 2 rings (SSSR count). The van der Waals surface area contributed by atoms with Crippen molar-refractivity contribution in [3.05, 3.63) is 18.1 Å². The molecule has 0 unspecified atom stereocenters. The maximum atomic E-state index is 4.33. The van der Waals surface area contributed by atoms with E-state index < -0.39 is 0 Å². The Morgan fingerprint density at radius 3 is 2.63 bits per heavy atom. The minimum Gasteiger partial charge on any atom is -0.368 e. The van der Waals surface area contributed by atoms with Crippen LogP contribution in [0, 0.1) is 0 Å². The lowest BCUT2D eigenvalue weighted by molar-refractivity contribution is 0.172. The lowest BCUT2D eigenvalue weighted by Crippen LogP contribution is -2.47. The van der Waals surface area contributed by atoms with Crippen LogP contribution in [0.5, 0.6) is 0 Å². The summed E-state index contributed by atoms with van der Waals surface area (Å²) < 4.78 is 0. The molecule has 4 heteroatoms. The fraction of sp³-hybridized carbons (Fsp3) is 0.733. The Morgan fingerprint density at radius 1 is 1.26 bits per heavy atom. The van der Waals surface area contributed by atoms with E-state index in [9.17, 15) is 0 Å². The van der Waals surface area contributed by atoms with Gasteiger partial charge in [0, 0.05) is 23.8 Å². The summed E-state index contributed by atoms with van der Waals surface area (Å²) >= 11 is 0. The van der Waals surface area contributed by atoms with Crippen molar-refractivity contribution in [1.29, 1.82) is 0 Å². The molecule has 0 bridgehead atoms. The van der Waals surface area contributed by atoms with Gasteiger partial charge in [0.15, 0.2) is 0 Å². The number of anilines is 1. The van der Waals surface area contributed by atoms with Gasteiger partial charge in [0.2, 0.25) is 0 Å². The molecule has 4 nitrogen and oxygen atoms in total. The second-order valence-electron chi connectivity index (χ2n) is 5.82. The van der Waals surface area contributed by atoms with E-state index in [-0.39, 0.29) is 0 Å². The molecule has 1 saturated carbocycles. The monoisotopic (exact) mass is 262 g/mol. The molecule has 0 radical (unpaired) electrons. The summed E-state index contributed by atoms with van der Waals surface area (Å²) in [7, 11) is 4.38. The molecule has 1 aliphatic carbocycles. The van der Waals surface area contributed by atoms with Crippen LogP contribution in [0.15, 0.2) is 12.4 Å². The smallest absolute Gasteiger partial charge is 0.129 e. The van der Waals surface area contributed by atoms with Crippen molar-refractivity contribution in [2.75, 3.05) is 26.0 Å². The van der Waals surface area contributed by atoms with Gasteiger partial charge in [-0.15, -0.1) is 0 Å². The number of nitrogens with zero attached hydrogens (tertiary/aromatic N) is 3. The molecule has 0 amide bonds. The van der Waals surface area contributed by atoms with E-state index in [4.69, 9.17) is 0 Å². The normalized spacial score (nSPS) is 17.9. The second-order valence-corrected chi connectivity index (χ2v) is 5.82. The van der Waals surface area contributed by atoms with Crippen LogP contribution in [0.3, 0.4) is 0 Å². The van der Waals surface area contributed by atoms with E-state index in [0.29, 0.717) is 5.54 Å². The van der Waals surface area contributed by atoms with Crippen molar-refractivity contribution < 1.29 is 0 Å². The summed E-state index contributed by atoms with van der Waals surface area (Å²) in [5, 5.41) is 3.51. The summed E-state index contributed by atoms with van der Waals surface area (Å²) in [6.07, 6.45) is 9.05. The van der Waals surface area contributed by atoms with Crippen LogP contribution in [-0.4, -0.2) is 41.0 Å². The fourth-order valence-corrected chi connectivity index (χ4v) is 2.96. The molecule has 0 atom stereocenters. The molecule has 0 aliphatic heterocycles. The molecular formula is C15H26N4. The van der Waals surface area contributed by atoms with Gasteiger partial charge in [0.25, 0.3) is 0 Å². The molecule has 1 aromatic heterocycles. The number of rotatable bonds is 6.